The Balaban J connectivity index is 2.04. The molecule has 0 unspecified atom stereocenters. The number of amides is 1. The topological polar surface area (TPSA) is 92.9 Å². The van der Waals surface area contributed by atoms with Crippen LogP contribution in [0.3, 0.4) is 0 Å². The number of carbonyl (C=O) groups excluding carboxylic acids is 1. The summed E-state index contributed by atoms with van der Waals surface area (Å²) < 4.78 is 0. The van der Waals surface area contributed by atoms with Crippen molar-refractivity contribution < 1.29 is 4.79 Å². The zero-order chi connectivity index (χ0) is 15.2. The van der Waals surface area contributed by atoms with Crippen molar-refractivity contribution in [2.24, 2.45) is 0 Å². The summed E-state index contributed by atoms with van der Waals surface area (Å²) in [6.45, 7) is 5.15. The second kappa shape index (κ2) is 7.03. The Morgan fingerprint density at radius 1 is 1.43 bits per heavy atom. The molecule has 21 heavy (non-hydrogen) atoms. The van der Waals surface area contributed by atoms with E-state index in [2.05, 4.69) is 27.5 Å². The SMILES string of the molecule is CCNc1nc(N)c(C(=O)NCc2ncccc2CC)s1. The van der Waals surface area contributed by atoms with Gasteiger partial charge in [-0.15, -0.1) is 0 Å². The summed E-state index contributed by atoms with van der Waals surface area (Å²) in [4.78, 5) is 21.0. The normalized spacial score (nSPS) is 10.4. The minimum absolute atomic E-state index is 0.221. The van der Waals surface area contributed by atoms with Gasteiger partial charge in [0.1, 0.15) is 10.7 Å². The molecule has 0 aromatic carbocycles. The summed E-state index contributed by atoms with van der Waals surface area (Å²) in [5.74, 6) is 0.0343. The number of hydrogen-bond donors (Lipinski definition) is 3. The van der Waals surface area contributed by atoms with Crippen LogP contribution in [0.1, 0.15) is 34.8 Å². The summed E-state index contributed by atoms with van der Waals surface area (Å²) >= 11 is 1.26. The molecular formula is C14H19N5OS. The van der Waals surface area contributed by atoms with Crippen LogP contribution in [0.4, 0.5) is 10.9 Å². The van der Waals surface area contributed by atoms with Gasteiger partial charge in [-0.2, -0.15) is 0 Å². The van der Waals surface area contributed by atoms with Crippen molar-refractivity contribution in [3.8, 4) is 0 Å². The molecule has 2 heterocycles. The summed E-state index contributed by atoms with van der Waals surface area (Å²) in [6.07, 6.45) is 2.61. The van der Waals surface area contributed by atoms with Gasteiger partial charge >= 0.3 is 0 Å². The van der Waals surface area contributed by atoms with E-state index in [1.54, 1.807) is 6.20 Å². The van der Waals surface area contributed by atoms with Crippen molar-refractivity contribution >= 4 is 28.2 Å². The van der Waals surface area contributed by atoms with E-state index in [1.165, 1.54) is 11.3 Å². The van der Waals surface area contributed by atoms with Crippen LogP contribution in [0.5, 0.6) is 0 Å². The Bertz CT molecular complexity index is 626. The maximum Gasteiger partial charge on any atom is 0.265 e. The van der Waals surface area contributed by atoms with Crippen LogP contribution < -0.4 is 16.4 Å². The highest BCUT2D eigenvalue weighted by molar-refractivity contribution is 7.18. The molecule has 1 amide bonds. The van der Waals surface area contributed by atoms with Gasteiger partial charge in [-0.25, -0.2) is 4.98 Å². The molecule has 0 saturated heterocycles. The second-order valence-corrected chi connectivity index (χ2v) is 5.41. The average Bonchev–Trinajstić information content (AvgIpc) is 2.86. The minimum atomic E-state index is -0.221. The largest absolute Gasteiger partial charge is 0.382 e. The first-order chi connectivity index (χ1) is 10.2. The number of aryl methyl sites for hydroxylation is 1. The van der Waals surface area contributed by atoms with Crippen LogP contribution in [0, 0.1) is 0 Å². The van der Waals surface area contributed by atoms with Crippen LogP contribution >= 0.6 is 11.3 Å². The lowest BCUT2D eigenvalue weighted by Gasteiger charge is -2.07. The zero-order valence-corrected chi connectivity index (χ0v) is 13.0. The fourth-order valence-corrected chi connectivity index (χ4v) is 2.79. The number of carbonyl (C=O) groups is 1. The zero-order valence-electron chi connectivity index (χ0n) is 12.1. The number of pyridine rings is 1. The number of nitrogens with one attached hydrogen (secondary N) is 2. The Kier molecular flexibility index (Phi) is 5.10. The first-order valence-corrected chi connectivity index (χ1v) is 7.68. The molecule has 2 rings (SSSR count). The van der Waals surface area contributed by atoms with Gasteiger partial charge in [0, 0.05) is 12.7 Å². The van der Waals surface area contributed by atoms with Gasteiger partial charge < -0.3 is 16.4 Å². The molecule has 7 heteroatoms. The van der Waals surface area contributed by atoms with Crippen molar-refractivity contribution in [1.29, 1.82) is 0 Å². The number of rotatable bonds is 6. The second-order valence-electron chi connectivity index (χ2n) is 4.41. The third-order valence-electron chi connectivity index (χ3n) is 2.97. The van der Waals surface area contributed by atoms with Gasteiger partial charge in [0.2, 0.25) is 0 Å². The van der Waals surface area contributed by atoms with E-state index in [0.29, 0.717) is 16.6 Å². The van der Waals surface area contributed by atoms with Gasteiger partial charge in [-0.05, 0) is 25.0 Å². The predicted molar refractivity (Wildman–Crippen MR) is 85.5 cm³/mol. The summed E-state index contributed by atoms with van der Waals surface area (Å²) in [7, 11) is 0. The summed E-state index contributed by atoms with van der Waals surface area (Å²) in [6, 6.07) is 3.91. The number of nitrogens with zero attached hydrogens (tertiary/aromatic N) is 2. The van der Waals surface area contributed by atoms with E-state index >= 15 is 0 Å². The number of hydrogen-bond acceptors (Lipinski definition) is 6. The first-order valence-electron chi connectivity index (χ1n) is 6.86. The number of anilines is 2. The lowest BCUT2D eigenvalue weighted by molar-refractivity contribution is 0.0955. The van der Waals surface area contributed by atoms with Gasteiger partial charge in [-0.1, -0.05) is 24.3 Å². The highest BCUT2D eigenvalue weighted by Crippen LogP contribution is 2.24. The summed E-state index contributed by atoms with van der Waals surface area (Å²) in [5.41, 5.74) is 7.79. The van der Waals surface area contributed by atoms with E-state index in [4.69, 9.17) is 5.73 Å². The molecule has 0 aliphatic carbocycles. The van der Waals surface area contributed by atoms with Crippen molar-refractivity contribution in [3.05, 3.63) is 34.5 Å². The van der Waals surface area contributed by atoms with Crippen LogP contribution in [0.15, 0.2) is 18.3 Å². The third kappa shape index (κ3) is 3.69. The number of aromatic nitrogens is 2. The maximum atomic E-state index is 12.2. The van der Waals surface area contributed by atoms with Gasteiger partial charge in [0.05, 0.1) is 12.2 Å². The maximum absolute atomic E-state index is 12.2. The first kappa shape index (κ1) is 15.2. The Hall–Kier alpha value is -2.15. The molecule has 0 radical (unpaired) electrons. The Morgan fingerprint density at radius 3 is 2.95 bits per heavy atom. The number of thiazole rings is 1. The van der Waals surface area contributed by atoms with Crippen molar-refractivity contribution in [2.75, 3.05) is 17.6 Å². The van der Waals surface area contributed by atoms with E-state index in [9.17, 15) is 4.79 Å². The molecule has 0 atom stereocenters. The van der Waals surface area contributed by atoms with E-state index in [0.717, 1.165) is 24.2 Å². The molecule has 0 fully saturated rings. The molecule has 4 N–H and O–H groups in total. The van der Waals surface area contributed by atoms with Crippen molar-refractivity contribution in [2.45, 2.75) is 26.8 Å². The molecule has 0 aliphatic heterocycles. The number of nitrogen functional groups attached to an aromatic ring is 1. The van der Waals surface area contributed by atoms with Crippen LogP contribution in [0.25, 0.3) is 0 Å². The van der Waals surface area contributed by atoms with Crippen molar-refractivity contribution in [3.63, 3.8) is 0 Å². The van der Waals surface area contributed by atoms with E-state index in [-0.39, 0.29) is 11.7 Å². The molecule has 0 bridgehead atoms. The summed E-state index contributed by atoms with van der Waals surface area (Å²) in [5, 5.41) is 6.56. The third-order valence-corrected chi connectivity index (χ3v) is 4.00. The van der Waals surface area contributed by atoms with Crippen LogP contribution in [-0.4, -0.2) is 22.4 Å². The fraction of sp³-hybridized carbons (Fsp3) is 0.357. The van der Waals surface area contributed by atoms with Crippen LogP contribution in [-0.2, 0) is 13.0 Å². The monoisotopic (exact) mass is 305 g/mol. The molecule has 2 aromatic heterocycles. The Labute approximate surface area is 127 Å². The molecule has 0 saturated carbocycles. The molecule has 0 spiro atoms. The van der Waals surface area contributed by atoms with Gasteiger partial charge in [0.25, 0.3) is 5.91 Å². The minimum Gasteiger partial charge on any atom is -0.382 e. The highest BCUT2D eigenvalue weighted by Gasteiger charge is 2.16. The quantitative estimate of drug-likeness (QED) is 0.759. The van der Waals surface area contributed by atoms with Crippen LogP contribution in [0.2, 0.25) is 0 Å². The average molecular weight is 305 g/mol. The van der Waals surface area contributed by atoms with Crippen molar-refractivity contribution in [1.82, 2.24) is 15.3 Å². The molecule has 2 aromatic rings. The molecule has 6 nitrogen and oxygen atoms in total. The molecular weight excluding hydrogens is 286 g/mol. The molecule has 0 aliphatic rings. The lowest BCUT2D eigenvalue weighted by Crippen LogP contribution is -2.24. The predicted octanol–water partition coefficient (Wildman–Crippen LogP) is 2.04. The number of nitrogens with two attached hydrogens (primary N) is 1. The van der Waals surface area contributed by atoms with E-state index in [1.807, 2.05) is 19.1 Å². The lowest BCUT2D eigenvalue weighted by atomic mass is 10.1. The van der Waals surface area contributed by atoms with E-state index < -0.39 is 0 Å². The fourth-order valence-electron chi connectivity index (χ4n) is 1.92. The molecule has 112 valence electrons. The standard InChI is InChI=1S/C14H19N5OS/c1-3-9-6-5-7-17-10(9)8-18-13(20)11-12(15)19-14(21-11)16-4-2/h5-7H,3-4,8,15H2,1-2H3,(H,16,19)(H,18,20). The van der Waals surface area contributed by atoms with Gasteiger partial charge in [0.15, 0.2) is 5.13 Å². The Morgan fingerprint density at radius 2 is 2.24 bits per heavy atom. The smallest absolute Gasteiger partial charge is 0.265 e. The van der Waals surface area contributed by atoms with Gasteiger partial charge in [-0.3, -0.25) is 9.78 Å². The highest BCUT2D eigenvalue weighted by atomic mass is 32.1.